The predicted octanol–water partition coefficient (Wildman–Crippen LogP) is 2.73. The molecule has 0 aliphatic carbocycles. The number of unbranched alkanes of at least 4 members (excludes halogenated alkanes) is 1. The second kappa shape index (κ2) is 7.60. The third-order valence-corrected chi connectivity index (χ3v) is 4.09. The molecule has 0 unspecified atom stereocenters. The van der Waals surface area contributed by atoms with Crippen LogP contribution < -0.4 is 5.32 Å². The number of hydrogen-bond donors (Lipinski definition) is 1. The third kappa shape index (κ3) is 4.18. The van der Waals surface area contributed by atoms with Crippen LogP contribution in [0.15, 0.2) is 18.5 Å². The smallest absolute Gasteiger partial charge is 0.254 e. The fourth-order valence-corrected chi connectivity index (χ4v) is 2.68. The van der Waals surface area contributed by atoms with Crippen molar-refractivity contribution in [1.29, 1.82) is 0 Å². The number of piperidine rings is 1. The Balaban J connectivity index is 1.81. The second-order valence-corrected chi connectivity index (χ2v) is 5.71. The monoisotopic (exact) mass is 295 g/mol. The lowest BCUT2D eigenvalue weighted by Gasteiger charge is -2.32. The lowest BCUT2D eigenvalue weighted by atomic mass is 10.0. The van der Waals surface area contributed by atoms with Crippen LogP contribution in [0.3, 0.4) is 0 Å². The minimum atomic E-state index is -0.116. The molecule has 0 saturated carbocycles. The largest absolute Gasteiger partial charge is 0.349 e. The van der Waals surface area contributed by atoms with Gasteiger partial charge in [0.2, 0.25) is 0 Å². The topological polar surface area (TPSA) is 45.2 Å². The highest BCUT2D eigenvalue weighted by atomic mass is 35.5. The lowest BCUT2D eigenvalue weighted by molar-refractivity contribution is 0.0910. The summed E-state index contributed by atoms with van der Waals surface area (Å²) in [5.74, 6) is -0.116. The summed E-state index contributed by atoms with van der Waals surface area (Å²) in [4.78, 5) is 18.6. The molecule has 2 heterocycles. The Hall–Kier alpha value is -1.13. The highest BCUT2D eigenvalue weighted by molar-refractivity contribution is 6.33. The van der Waals surface area contributed by atoms with Gasteiger partial charge in [0.15, 0.2) is 0 Å². The number of carbonyl (C=O) groups is 1. The van der Waals surface area contributed by atoms with E-state index in [2.05, 4.69) is 22.1 Å². The summed E-state index contributed by atoms with van der Waals surface area (Å²) in [5.41, 5.74) is 0.461. The van der Waals surface area contributed by atoms with Gasteiger partial charge in [-0.1, -0.05) is 24.9 Å². The summed E-state index contributed by atoms with van der Waals surface area (Å²) < 4.78 is 0. The highest BCUT2D eigenvalue weighted by Gasteiger charge is 2.21. The van der Waals surface area contributed by atoms with Crippen LogP contribution in [-0.4, -0.2) is 41.5 Å². The maximum Gasteiger partial charge on any atom is 0.254 e. The molecule has 1 N–H and O–H groups in total. The van der Waals surface area contributed by atoms with Crippen molar-refractivity contribution in [3.63, 3.8) is 0 Å². The molecular weight excluding hydrogens is 274 g/mol. The molecule has 0 radical (unpaired) electrons. The van der Waals surface area contributed by atoms with Gasteiger partial charge < -0.3 is 10.2 Å². The second-order valence-electron chi connectivity index (χ2n) is 5.30. The summed E-state index contributed by atoms with van der Waals surface area (Å²) in [6.45, 7) is 5.51. The maximum absolute atomic E-state index is 12.1. The molecule has 2 rings (SSSR count). The van der Waals surface area contributed by atoms with Crippen LogP contribution in [0.4, 0.5) is 0 Å². The average molecular weight is 296 g/mol. The van der Waals surface area contributed by atoms with Gasteiger partial charge in [0.05, 0.1) is 10.6 Å². The first kappa shape index (κ1) is 15.3. The summed E-state index contributed by atoms with van der Waals surface area (Å²) in [6.07, 6.45) is 7.61. The maximum atomic E-state index is 12.1. The summed E-state index contributed by atoms with van der Waals surface area (Å²) in [5, 5.41) is 3.52. The van der Waals surface area contributed by atoms with Crippen LogP contribution in [0.5, 0.6) is 0 Å². The van der Waals surface area contributed by atoms with Gasteiger partial charge in [0.25, 0.3) is 5.91 Å². The van der Waals surface area contributed by atoms with E-state index in [0.29, 0.717) is 10.6 Å². The normalized spacial score (nSPS) is 17.1. The van der Waals surface area contributed by atoms with Crippen LogP contribution in [0, 0.1) is 0 Å². The zero-order valence-corrected chi connectivity index (χ0v) is 12.7. The van der Waals surface area contributed by atoms with Gasteiger partial charge in [0, 0.05) is 31.5 Å². The molecule has 1 aliphatic rings. The van der Waals surface area contributed by atoms with E-state index in [0.717, 1.165) is 25.9 Å². The van der Waals surface area contributed by atoms with Crippen molar-refractivity contribution in [3.05, 3.63) is 29.0 Å². The fraction of sp³-hybridized carbons (Fsp3) is 0.600. The lowest BCUT2D eigenvalue weighted by Crippen LogP contribution is -2.44. The first-order valence-electron chi connectivity index (χ1n) is 7.33. The molecule has 1 fully saturated rings. The van der Waals surface area contributed by atoms with Crippen molar-refractivity contribution in [1.82, 2.24) is 15.2 Å². The minimum Gasteiger partial charge on any atom is -0.349 e. The van der Waals surface area contributed by atoms with Crippen molar-refractivity contribution < 1.29 is 4.79 Å². The quantitative estimate of drug-likeness (QED) is 0.908. The van der Waals surface area contributed by atoms with Crippen molar-refractivity contribution in [2.75, 3.05) is 19.6 Å². The Bertz CT molecular complexity index is 444. The number of amides is 1. The van der Waals surface area contributed by atoms with E-state index < -0.39 is 0 Å². The van der Waals surface area contributed by atoms with E-state index >= 15 is 0 Å². The van der Waals surface area contributed by atoms with E-state index in [4.69, 9.17) is 11.6 Å². The standard InChI is InChI=1S/C15H22ClN3O/c1-2-3-8-19-9-5-12(6-10-19)18-15(20)13-11-17-7-4-14(13)16/h4,7,11-12H,2-3,5-6,8-10H2,1H3,(H,18,20). The molecule has 1 saturated heterocycles. The summed E-state index contributed by atoms with van der Waals surface area (Å²) >= 11 is 6.01. The Morgan fingerprint density at radius 3 is 2.90 bits per heavy atom. The average Bonchev–Trinajstić information content (AvgIpc) is 2.47. The van der Waals surface area contributed by atoms with E-state index in [1.807, 2.05) is 0 Å². The van der Waals surface area contributed by atoms with E-state index in [-0.39, 0.29) is 11.9 Å². The number of rotatable bonds is 5. The Labute approximate surface area is 125 Å². The van der Waals surface area contributed by atoms with Crippen LogP contribution in [-0.2, 0) is 0 Å². The number of nitrogens with one attached hydrogen (secondary N) is 1. The van der Waals surface area contributed by atoms with Crippen molar-refractivity contribution >= 4 is 17.5 Å². The molecule has 5 heteroatoms. The molecule has 0 bridgehead atoms. The molecule has 0 atom stereocenters. The number of hydrogen-bond acceptors (Lipinski definition) is 3. The Kier molecular flexibility index (Phi) is 5.80. The SMILES string of the molecule is CCCCN1CCC(NC(=O)c2cnccc2Cl)CC1. The molecular formula is C15H22ClN3O. The predicted molar refractivity (Wildman–Crippen MR) is 81.1 cm³/mol. The number of halogens is 1. The van der Waals surface area contributed by atoms with Crippen LogP contribution >= 0.6 is 11.6 Å². The molecule has 0 spiro atoms. The number of likely N-dealkylation sites (tertiary alicyclic amines) is 1. The molecule has 1 aliphatic heterocycles. The zero-order chi connectivity index (χ0) is 14.4. The highest BCUT2D eigenvalue weighted by Crippen LogP contribution is 2.15. The molecule has 1 amide bonds. The van der Waals surface area contributed by atoms with Gasteiger partial charge in [0.1, 0.15) is 0 Å². The Morgan fingerprint density at radius 1 is 1.50 bits per heavy atom. The molecule has 0 aromatic carbocycles. The van der Waals surface area contributed by atoms with Crippen molar-refractivity contribution in [2.24, 2.45) is 0 Å². The van der Waals surface area contributed by atoms with E-state index in [9.17, 15) is 4.79 Å². The van der Waals surface area contributed by atoms with Gasteiger partial charge in [-0.3, -0.25) is 9.78 Å². The molecule has 1 aromatic rings. The van der Waals surface area contributed by atoms with Crippen LogP contribution in [0.1, 0.15) is 43.0 Å². The fourth-order valence-electron chi connectivity index (χ4n) is 2.49. The van der Waals surface area contributed by atoms with Gasteiger partial charge in [-0.15, -0.1) is 0 Å². The van der Waals surface area contributed by atoms with Crippen LogP contribution in [0.25, 0.3) is 0 Å². The van der Waals surface area contributed by atoms with E-state index in [1.165, 1.54) is 25.6 Å². The van der Waals surface area contributed by atoms with Crippen molar-refractivity contribution in [2.45, 2.75) is 38.6 Å². The van der Waals surface area contributed by atoms with Gasteiger partial charge >= 0.3 is 0 Å². The van der Waals surface area contributed by atoms with E-state index in [1.54, 1.807) is 12.3 Å². The summed E-state index contributed by atoms with van der Waals surface area (Å²) in [7, 11) is 0. The Morgan fingerprint density at radius 2 is 2.25 bits per heavy atom. The number of nitrogens with zero attached hydrogens (tertiary/aromatic N) is 2. The first-order chi connectivity index (χ1) is 9.70. The molecule has 1 aromatic heterocycles. The zero-order valence-electron chi connectivity index (χ0n) is 11.9. The third-order valence-electron chi connectivity index (χ3n) is 3.76. The number of aromatic nitrogens is 1. The summed E-state index contributed by atoms with van der Waals surface area (Å²) in [6, 6.07) is 1.89. The van der Waals surface area contributed by atoms with Crippen molar-refractivity contribution in [3.8, 4) is 0 Å². The molecule has 20 heavy (non-hydrogen) atoms. The van der Waals surface area contributed by atoms with Gasteiger partial charge in [-0.25, -0.2) is 0 Å². The number of pyridine rings is 1. The molecule has 4 nitrogen and oxygen atoms in total. The number of carbonyl (C=O) groups excluding carboxylic acids is 1. The van der Waals surface area contributed by atoms with Gasteiger partial charge in [-0.05, 0) is 31.9 Å². The molecule has 110 valence electrons. The minimum absolute atomic E-state index is 0.116. The van der Waals surface area contributed by atoms with Gasteiger partial charge in [-0.2, -0.15) is 0 Å². The van der Waals surface area contributed by atoms with Crippen LogP contribution in [0.2, 0.25) is 5.02 Å². The first-order valence-corrected chi connectivity index (χ1v) is 7.71.